The number of benzene rings is 1. The Bertz CT molecular complexity index is 542. The minimum absolute atomic E-state index is 0.509. The Morgan fingerprint density at radius 3 is 2.90 bits per heavy atom. The third kappa shape index (κ3) is 3.19. The second-order valence-corrected chi connectivity index (χ2v) is 5.86. The van der Waals surface area contributed by atoms with E-state index in [1.54, 1.807) is 0 Å². The van der Waals surface area contributed by atoms with Crippen LogP contribution in [-0.2, 0) is 6.54 Å². The second-order valence-electron chi connectivity index (χ2n) is 5.86. The van der Waals surface area contributed by atoms with Crippen LogP contribution in [0, 0.1) is 0 Å². The molecule has 1 saturated heterocycles. The number of likely N-dealkylation sites (tertiary alicyclic amines) is 1. The fourth-order valence-corrected chi connectivity index (χ4v) is 3.02. The van der Waals surface area contributed by atoms with Crippen molar-refractivity contribution in [2.75, 3.05) is 19.6 Å². The van der Waals surface area contributed by atoms with E-state index in [4.69, 9.17) is 0 Å². The number of aromatic nitrogens is 2. The van der Waals surface area contributed by atoms with Crippen molar-refractivity contribution in [1.29, 1.82) is 0 Å². The highest BCUT2D eigenvalue weighted by molar-refractivity contribution is 5.81. The van der Waals surface area contributed by atoms with Gasteiger partial charge in [0.15, 0.2) is 0 Å². The van der Waals surface area contributed by atoms with Crippen molar-refractivity contribution in [3.8, 4) is 0 Å². The number of hydrogen-bond donors (Lipinski definition) is 2. The van der Waals surface area contributed by atoms with Crippen molar-refractivity contribution in [3.63, 3.8) is 0 Å². The molecule has 1 unspecified atom stereocenters. The van der Waals surface area contributed by atoms with Crippen LogP contribution in [0.2, 0.25) is 0 Å². The standard InChI is InChI=1S/C16H24N4/c1-13(12-20-9-5-2-6-10-20)17-11-16-14-7-3-4-8-15(14)18-19-16/h3-4,7-8,13,17H,2,5-6,9-12H2,1H3,(H,18,19). The molecule has 0 saturated carbocycles. The molecule has 1 fully saturated rings. The summed E-state index contributed by atoms with van der Waals surface area (Å²) in [5.74, 6) is 0. The molecule has 108 valence electrons. The molecule has 1 aliphatic heterocycles. The zero-order valence-electron chi connectivity index (χ0n) is 12.2. The maximum atomic E-state index is 4.34. The van der Waals surface area contributed by atoms with Crippen LogP contribution in [0.4, 0.5) is 0 Å². The lowest BCUT2D eigenvalue weighted by molar-refractivity contribution is 0.209. The molecule has 1 atom stereocenters. The zero-order valence-corrected chi connectivity index (χ0v) is 12.2. The van der Waals surface area contributed by atoms with E-state index in [0.717, 1.165) is 18.6 Å². The van der Waals surface area contributed by atoms with Gasteiger partial charge in [-0.25, -0.2) is 0 Å². The number of hydrogen-bond acceptors (Lipinski definition) is 3. The van der Waals surface area contributed by atoms with E-state index in [2.05, 4.69) is 39.5 Å². The number of nitrogens with zero attached hydrogens (tertiary/aromatic N) is 2. The fraction of sp³-hybridized carbons (Fsp3) is 0.562. The van der Waals surface area contributed by atoms with Gasteiger partial charge in [0.25, 0.3) is 0 Å². The van der Waals surface area contributed by atoms with Crippen molar-refractivity contribution in [2.45, 2.75) is 38.8 Å². The van der Waals surface area contributed by atoms with Gasteiger partial charge in [0.05, 0.1) is 11.2 Å². The Morgan fingerprint density at radius 1 is 1.25 bits per heavy atom. The predicted molar refractivity (Wildman–Crippen MR) is 82.7 cm³/mol. The Kier molecular flexibility index (Phi) is 4.33. The average molecular weight is 272 g/mol. The Hall–Kier alpha value is -1.39. The molecule has 20 heavy (non-hydrogen) atoms. The maximum absolute atomic E-state index is 4.34. The number of piperidine rings is 1. The Labute approximate surface area is 120 Å². The topological polar surface area (TPSA) is 44.0 Å². The summed E-state index contributed by atoms with van der Waals surface area (Å²) < 4.78 is 0. The molecule has 1 aromatic carbocycles. The van der Waals surface area contributed by atoms with Gasteiger partial charge in [-0.1, -0.05) is 24.6 Å². The number of fused-ring (bicyclic) bond motifs is 1. The van der Waals surface area contributed by atoms with Gasteiger partial charge < -0.3 is 10.2 Å². The molecule has 0 bridgehead atoms. The van der Waals surface area contributed by atoms with Gasteiger partial charge in [-0.15, -0.1) is 0 Å². The first-order valence-electron chi connectivity index (χ1n) is 7.70. The zero-order chi connectivity index (χ0) is 13.8. The lowest BCUT2D eigenvalue weighted by Crippen LogP contribution is -2.41. The maximum Gasteiger partial charge on any atom is 0.0924 e. The fourth-order valence-electron chi connectivity index (χ4n) is 3.02. The van der Waals surface area contributed by atoms with Gasteiger partial charge in [-0.3, -0.25) is 5.10 Å². The van der Waals surface area contributed by atoms with Gasteiger partial charge >= 0.3 is 0 Å². The summed E-state index contributed by atoms with van der Waals surface area (Å²) in [6.45, 7) is 6.80. The largest absolute Gasteiger partial charge is 0.307 e. The molecular weight excluding hydrogens is 248 g/mol. The predicted octanol–water partition coefficient (Wildman–Crippen LogP) is 2.53. The quantitative estimate of drug-likeness (QED) is 0.879. The summed E-state index contributed by atoms with van der Waals surface area (Å²) in [6, 6.07) is 8.78. The molecule has 1 aliphatic rings. The minimum atomic E-state index is 0.509. The average Bonchev–Trinajstić information content (AvgIpc) is 2.89. The molecule has 0 spiro atoms. The van der Waals surface area contributed by atoms with E-state index in [1.807, 2.05) is 12.1 Å². The minimum Gasteiger partial charge on any atom is -0.307 e. The van der Waals surface area contributed by atoms with Crippen molar-refractivity contribution >= 4 is 10.9 Å². The number of H-pyrrole nitrogens is 1. The first-order valence-corrected chi connectivity index (χ1v) is 7.70. The molecular formula is C16H24N4. The highest BCUT2D eigenvalue weighted by Crippen LogP contribution is 2.15. The summed E-state index contributed by atoms with van der Waals surface area (Å²) in [4.78, 5) is 2.58. The Morgan fingerprint density at radius 2 is 2.05 bits per heavy atom. The SMILES string of the molecule is CC(CN1CCCCC1)NCc1[nH]nc2ccccc12. The lowest BCUT2D eigenvalue weighted by Gasteiger charge is -2.29. The molecule has 4 heteroatoms. The number of aromatic amines is 1. The molecule has 2 heterocycles. The molecule has 0 aliphatic carbocycles. The highest BCUT2D eigenvalue weighted by atomic mass is 15.2. The van der Waals surface area contributed by atoms with E-state index in [9.17, 15) is 0 Å². The van der Waals surface area contributed by atoms with E-state index in [0.29, 0.717) is 6.04 Å². The van der Waals surface area contributed by atoms with E-state index >= 15 is 0 Å². The molecule has 1 aromatic heterocycles. The van der Waals surface area contributed by atoms with Crippen LogP contribution in [0.25, 0.3) is 10.9 Å². The number of rotatable bonds is 5. The summed E-state index contributed by atoms with van der Waals surface area (Å²) in [5, 5.41) is 12.3. The second kappa shape index (κ2) is 6.37. The van der Waals surface area contributed by atoms with Gasteiger partial charge in [-0.05, 0) is 38.9 Å². The van der Waals surface area contributed by atoms with E-state index in [-0.39, 0.29) is 0 Å². The molecule has 2 N–H and O–H groups in total. The molecule has 0 amide bonds. The molecule has 3 rings (SSSR count). The first kappa shape index (κ1) is 13.6. The van der Waals surface area contributed by atoms with Crippen LogP contribution in [0.15, 0.2) is 24.3 Å². The van der Waals surface area contributed by atoms with Crippen LogP contribution in [-0.4, -0.2) is 40.8 Å². The van der Waals surface area contributed by atoms with Gasteiger partial charge in [0, 0.05) is 24.5 Å². The third-order valence-electron chi connectivity index (χ3n) is 4.15. The monoisotopic (exact) mass is 272 g/mol. The van der Waals surface area contributed by atoms with Gasteiger partial charge in [0.2, 0.25) is 0 Å². The summed E-state index contributed by atoms with van der Waals surface area (Å²) in [6.07, 6.45) is 4.12. The van der Waals surface area contributed by atoms with Gasteiger partial charge in [0.1, 0.15) is 0 Å². The van der Waals surface area contributed by atoms with E-state index < -0.39 is 0 Å². The van der Waals surface area contributed by atoms with Crippen LogP contribution >= 0.6 is 0 Å². The summed E-state index contributed by atoms with van der Waals surface area (Å²) in [7, 11) is 0. The van der Waals surface area contributed by atoms with Crippen molar-refractivity contribution in [3.05, 3.63) is 30.0 Å². The summed E-state index contributed by atoms with van der Waals surface area (Å²) >= 11 is 0. The van der Waals surface area contributed by atoms with Gasteiger partial charge in [-0.2, -0.15) is 5.10 Å². The van der Waals surface area contributed by atoms with Crippen LogP contribution in [0.1, 0.15) is 31.9 Å². The van der Waals surface area contributed by atoms with E-state index in [1.165, 1.54) is 43.4 Å². The smallest absolute Gasteiger partial charge is 0.0924 e. The molecule has 4 nitrogen and oxygen atoms in total. The van der Waals surface area contributed by atoms with Crippen molar-refractivity contribution in [2.24, 2.45) is 0 Å². The Balaban J connectivity index is 1.53. The first-order chi connectivity index (χ1) is 9.83. The number of nitrogens with one attached hydrogen (secondary N) is 2. The number of para-hydroxylation sites is 1. The normalized spacial score (nSPS) is 18.4. The molecule has 2 aromatic rings. The third-order valence-corrected chi connectivity index (χ3v) is 4.15. The van der Waals surface area contributed by atoms with Crippen LogP contribution in [0.3, 0.4) is 0 Å². The van der Waals surface area contributed by atoms with Crippen LogP contribution in [0.5, 0.6) is 0 Å². The van der Waals surface area contributed by atoms with Crippen molar-refractivity contribution in [1.82, 2.24) is 20.4 Å². The van der Waals surface area contributed by atoms with Crippen LogP contribution < -0.4 is 5.32 Å². The highest BCUT2D eigenvalue weighted by Gasteiger charge is 2.13. The summed E-state index contributed by atoms with van der Waals surface area (Å²) in [5.41, 5.74) is 2.24. The van der Waals surface area contributed by atoms with Crippen molar-refractivity contribution < 1.29 is 0 Å². The molecule has 0 radical (unpaired) electrons. The lowest BCUT2D eigenvalue weighted by atomic mass is 10.1.